The summed E-state index contributed by atoms with van der Waals surface area (Å²) < 4.78 is 56.7. The van der Waals surface area contributed by atoms with Crippen molar-refractivity contribution in [2.75, 3.05) is 25.6 Å². The number of aliphatic hydroxyl groups excluding tert-OH is 3. The minimum atomic E-state index is -5.45. The molecule has 8 atom stereocenters. The second kappa shape index (κ2) is 39.1. The molecule has 2 rings (SSSR count). The summed E-state index contributed by atoms with van der Waals surface area (Å²) in [6.07, 6.45) is 40.1. The summed E-state index contributed by atoms with van der Waals surface area (Å²) in [5, 5.41) is 30.4. The molecule has 0 amide bonds. The zero-order valence-corrected chi connectivity index (χ0v) is 44.3. The largest absolute Gasteiger partial charge is 0.481 e. The van der Waals surface area contributed by atoms with Gasteiger partial charge >= 0.3 is 33.3 Å². The van der Waals surface area contributed by atoms with Gasteiger partial charge < -0.3 is 45.1 Å². The summed E-state index contributed by atoms with van der Waals surface area (Å²) in [5.74, 6) is -1.43. The molecule has 0 bridgehead atoms. The number of ether oxygens (including phenoxy) is 3. The van der Waals surface area contributed by atoms with Crippen LogP contribution >= 0.6 is 15.6 Å². The molecule has 7 N–H and O–H groups in total. The van der Waals surface area contributed by atoms with Crippen LogP contribution < -0.4 is 11.4 Å². The number of hydrogen-bond acceptors (Lipinski definition) is 16. The Bertz CT molecular complexity index is 2120. The van der Waals surface area contributed by atoms with E-state index in [1.165, 1.54) is 25.3 Å². The minimum absolute atomic E-state index is 0.0529. The normalized spacial score (nSPS) is 20.2. The first-order valence-electron chi connectivity index (χ1n) is 25.4. The van der Waals surface area contributed by atoms with Crippen LogP contribution in [0.3, 0.4) is 0 Å². The standard InChI is InChI=1S/C52H81N3O16P2/c1-3-5-6-7-8-9-10-11-12-13-14-18-21-24-27-30-33-36-47(57)66-40-44(69-48(58)37-34-31-28-25-22-19-16-15-17-20-23-26-29-32-35-43(56)4-2)41-67-72(62,63)71-73(64,65)68-42-45-49(59)50(60)51(70-45)55-39-38-46(53)54-52(55)61/h8-9,11-12,14,16-20,25-26,28-29,32,35,38-39,43-45,49-51,56,59-60H,3-7,10,13,15,21-24,27,30-31,33-34,36-37,40-42H2,1-2H3,(H,62,63)(H,64,65)(H2,53,54,61)/b9-8-,12-11-,18-14-,19-16-,20-17-,28-25-,29-26-,35-32+/t43-,44-,45-,49-,50-,51-/m1/s1. The third-order valence-electron chi connectivity index (χ3n) is 10.8. The maximum Gasteiger partial charge on any atom is 0.481 e. The number of nitrogens with two attached hydrogens (primary N) is 1. The van der Waals surface area contributed by atoms with Crippen LogP contribution in [0.25, 0.3) is 0 Å². The average Bonchev–Trinajstić information content (AvgIpc) is 3.63. The maximum atomic E-state index is 12.8. The molecule has 0 saturated carbocycles. The Labute approximate surface area is 431 Å². The zero-order valence-electron chi connectivity index (χ0n) is 42.5. The average molecular weight is 1070 g/mol. The number of carbonyl (C=O) groups excluding carboxylic acids is 2. The number of carbonyl (C=O) groups is 2. The quantitative estimate of drug-likeness (QED) is 0.0117. The molecule has 0 aromatic carbocycles. The molecule has 410 valence electrons. The summed E-state index contributed by atoms with van der Waals surface area (Å²) in [6, 6.07) is 1.24. The maximum absolute atomic E-state index is 12.8. The summed E-state index contributed by atoms with van der Waals surface area (Å²) in [6.45, 7) is 1.70. The third-order valence-corrected chi connectivity index (χ3v) is 13.4. The molecular formula is C52H81N3O16P2. The first kappa shape index (κ1) is 64.8. The van der Waals surface area contributed by atoms with Gasteiger partial charge in [0.2, 0.25) is 0 Å². The highest BCUT2D eigenvalue weighted by atomic mass is 31.3. The van der Waals surface area contributed by atoms with E-state index in [-0.39, 0.29) is 18.7 Å². The lowest BCUT2D eigenvalue weighted by atomic mass is 10.1. The van der Waals surface area contributed by atoms with Gasteiger partial charge in [0, 0.05) is 19.0 Å². The summed E-state index contributed by atoms with van der Waals surface area (Å²) in [7, 11) is -10.9. The molecule has 1 aliphatic heterocycles. The van der Waals surface area contributed by atoms with Gasteiger partial charge in [0.1, 0.15) is 30.7 Å². The first-order valence-corrected chi connectivity index (χ1v) is 28.3. The number of nitrogens with zero attached hydrogens (tertiary/aromatic N) is 2. The van der Waals surface area contributed by atoms with Gasteiger partial charge in [0.15, 0.2) is 12.3 Å². The molecule has 1 saturated heterocycles. The number of anilines is 1. The summed E-state index contributed by atoms with van der Waals surface area (Å²) in [5.41, 5.74) is 4.57. The highest BCUT2D eigenvalue weighted by Gasteiger charge is 2.46. The number of nitrogen functional groups attached to an aromatic ring is 1. The number of hydrogen-bond donors (Lipinski definition) is 6. The second-order valence-corrected chi connectivity index (χ2v) is 20.2. The fourth-order valence-corrected chi connectivity index (χ4v) is 8.83. The topological polar surface area (TPSA) is 286 Å². The molecule has 0 spiro atoms. The Morgan fingerprint density at radius 2 is 1.27 bits per heavy atom. The van der Waals surface area contributed by atoms with Crippen LogP contribution in [-0.2, 0) is 46.3 Å². The van der Waals surface area contributed by atoms with Crippen LogP contribution in [0.2, 0.25) is 0 Å². The van der Waals surface area contributed by atoms with Crippen molar-refractivity contribution < 1.29 is 71.4 Å². The molecule has 73 heavy (non-hydrogen) atoms. The molecule has 1 fully saturated rings. The Morgan fingerprint density at radius 1 is 0.726 bits per heavy atom. The van der Waals surface area contributed by atoms with Crippen molar-refractivity contribution in [2.45, 2.75) is 173 Å². The molecule has 19 nitrogen and oxygen atoms in total. The van der Waals surface area contributed by atoms with Gasteiger partial charge in [-0.3, -0.25) is 23.2 Å². The van der Waals surface area contributed by atoms with Crippen molar-refractivity contribution in [1.82, 2.24) is 9.55 Å². The van der Waals surface area contributed by atoms with Gasteiger partial charge in [-0.15, -0.1) is 0 Å². The van der Waals surface area contributed by atoms with Gasteiger partial charge in [-0.1, -0.05) is 137 Å². The van der Waals surface area contributed by atoms with Crippen molar-refractivity contribution in [3.05, 3.63) is 120 Å². The molecule has 21 heteroatoms. The molecule has 1 aromatic rings. The van der Waals surface area contributed by atoms with Crippen molar-refractivity contribution >= 4 is 33.4 Å². The molecule has 0 radical (unpaired) electrons. The Hall–Kier alpha value is -4.36. The van der Waals surface area contributed by atoms with Crippen molar-refractivity contribution in [3.63, 3.8) is 0 Å². The lowest BCUT2D eigenvalue weighted by molar-refractivity contribution is -0.161. The van der Waals surface area contributed by atoms with Crippen molar-refractivity contribution in [2.24, 2.45) is 0 Å². The smallest absolute Gasteiger partial charge is 0.462 e. The van der Waals surface area contributed by atoms with Gasteiger partial charge in [0.25, 0.3) is 0 Å². The lowest BCUT2D eigenvalue weighted by Crippen LogP contribution is -2.36. The first-order chi connectivity index (χ1) is 35.1. The number of allylic oxidation sites excluding steroid dienone is 15. The predicted molar refractivity (Wildman–Crippen MR) is 281 cm³/mol. The van der Waals surface area contributed by atoms with Crippen LogP contribution in [-0.4, -0.2) is 96.9 Å². The number of aromatic nitrogens is 2. The van der Waals surface area contributed by atoms with E-state index in [4.69, 9.17) is 29.0 Å². The van der Waals surface area contributed by atoms with Crippen LogP contribution in [0.15, 0.2) is 114 Å². The minimum Gasteiger partial charge on any atom is -0.462 e. The second-order valence-electron chi connectivity index (χ2n) is 17.1. The van der Waals surface area contributed by atoms with E-state index in [0.29, 0.717) is 32.1 Å². The Morgan fingerprint density at radius 3 is 1.88 bits per heavy atom. The van der Waals surface area contributed by atoms with E-state index in [9.17, 15) is 48.6 Å². The van der Waals surface area contributed by atoms with Crippen molar-refractivity contribution in [3.8, 4) is 0 Å². The van der Waals surface area contributed by atoms with Gasteiger partial charge in [-0.05, 0) is 89.5 Å². The van der Waals surface area contributed by atoms with E-state index < -0.39 is 89.8 Å². The molecule has 2 heterocycles. The van der Waals surface area contributed by atoms with Crippen LogP contribution in [0, 0.1) is 0 Å². The predicted octanol–water partition coefficient (Wildman–Crippen LogP) is 9.41. The van der Waals surface area contributed by atoms with Crippen LogP contribution in [0.1, 0.15) is 142 Å². The lowest BCUT2D eigenvalue weighted by Gasteiger charge is -2.21. The number of esters is 2. The molecule has 1 aliphatic rings. The summed E-state index contributed by atoms with van der Waals surface area (Å²) >= 11 is 0. The van der Waals surface area contributed by atoms with Crippen molar-refractivity contribution in [1.29, 1.82) is 0 Å². The molecular weight excluding hydrogens is 985 g/mol. The Balaban J connectivity index is 1.85. The number of phosphoric ester groups is 2. The zero-order chi connectivity index (χ0) is 53.6. The van der Waals surface area contributed by atoms with Gasteiger partial charge in [0.05, 0.1) is 19.3 Å². The van der Waals surface area contributed by atoms with Crippen LogP contribution in [0.5, 0.6) is 0 Å². The molecule has 2 unspecified atom stereocenters. The number of phosphoric acid groups is 2. The number of rotatable bonds is 40. The third kappa shape index (κ3) is 31.9. The van der Waals surface area contributed by atoms with E-state index in [1.807, 2.05) is 49.5 Å². The SMILES string of the molecule is CCCCC/C=C\C/C=C\C/C=C\CCCCCCC(=O)OC[C@H](COP(=O)(O)OP(=O)(O)OC[C@H]1O[C@@H](n2ccc(N)nc2=O)[C@H](O)[C@@H]1O)OC(=O)CCC/C=C\C/C=C\C/C=C\C/C=C\C=C\[C@H](O)CC. The highest BCUT2D eigenvalue weighted by molar-refractivity contribution is 7.61. The van der Waals surface area contributed by atoms with E-state index in [0.717, 1.165) is 68.6 Å². The molecule has 1 aromatic heterocycles. The van der Waals surface area contributed by atoms with Gasteiger partial charge in [-0.2, -0.15) is 9.29 Å². The Kier molecular flexibility index (Phi) is 34.7. The highest BCUT2D eigenvalue weighted by Crippen LogP contribution is 2.60. The van der Waals surface area contributed by atoms with Gasteiger partial charge in [-0.25, -0.2) is 13.9 Å². The fraction of sp³-hybridized carbons (Fsp3) is 0.577. The monoisotopic (exact) mass is 1070 g/mol. The van der Waals surface area contributed by atoms with E-state index >= 15 is 0 Å². The molecule has 0 aliphatic carbocycles. The van der Waals surface area contributed by atoms with E-state index in [2.05, 4.69) is 64.8 Å². The number of unbranched alkanes of at least 4 members (excludes halogenated alkanes) is 8. The number of aliphatic hydroxyl groups is 3. The van der Waals surface area contributed by atoms with E-state index in [1.54, 1.807) is 6.08 Å². The summed E-state index contributed by atoms with van der Waals surface area (Å²) in [4.78, 5) is 61.9. The fourth-order valence-electron chi connectivity index (χ4n) is 6.72. The van der Waals surface area contributed by atoms with Crippen LogP contribution in [0.4, 0.5) is 5.82 Å².